The van der Waals surface area contributed by atoms with Crippen molar-refractivity contribution in [3.05, 3.63) is 35.0 Å². The Morgan fingerprint density at radius 3 is 2.72 bits per heavy atom. The Balaban J connectivity index is 1.45. The van der Waals surface area contributed by atoms with Crippen LogP contribution in [0, 0.1) is 0 Å². The largest absolute Gasteiger partial charge is 0.353 e. The molecular weight excluding hydrogens is 402 g/mol. The molecule has 0 unspecified atom stereocenters. The molecule has 32 heavy (non-hydrogen) atoms. The van der Waals surface area contributed by atoms with Crippen LogP contribution in [0.25, 0.3) is 22.3 Å². The number of rotatable bonds is 2. The van der Waals surface area contributed by atoms with Crippen LogP contribution in [0.5, 0.6) is 0 Å². The van der Waals surface area contributed by atoms with Gasteiger partial charge in [0.2, 0.25) is 11.8 Å². The number of H-pyrrole nitrogens is 2. The fraction of sp³-hybridized carbons (Fsp3) is 0.480. The van der Waals surface area contributed by atoms with Gasteiger partial charge in [0.25, 0.3) is 0 Å². The molecule has 1 saturated heterocycles. The lowest BCUT2D eigenvalue weighted by atomic mass is 9.85. The molecule has 0 spiro atoms. The summed E-state index contributed by atoms with van der Waals surface area (Å²) in [7, 11) is 0. The Hall–Kier alpha value is -3.09. The molecule has 0 saturated carbocycles. The van der Waals surface area contributed by atoms with Crippen molar-refractivity contribution >= 4 is 28.4 Å². The van der Waals surface area contributed by atoms with E-state index < -0.39 is 5.41 Å². The molecule has 4 heterocycles. The maximum atomic E-state index is 13.4. The van der Waals surface area contributed by atoms with Crippen molar-refractivity contribution in [3.63, 3.8) is 0 Å². The molecule has 0 radical (unpaired) electrons. The number of aryl methyl sites for hydroxylation is 2. The maximum absolute atomic E-state index is 13.4. The molecule has 7 nitrogen and oxygen atoms in total. The van der Waals surface area contributed by atoms with Gasteiger partial charge in [0.05, 0.1) is 23.0 Å². The number of anilines is 1. The normalized spacial score (nSPS) is 19.6. The number of aromatic nitrogens is 3. The quantitative estimate of drug-likeness (QED) is 0.649. The summed E-state index contributed by atoms with van der Waals surface area (Å²) in [5, 5.41) is 8.57. The fourth-order valence-electron chi connectivity index (χ4n) is 5.75. The highest BCUT2D eigenvalue weighted by Gasteiger charge is 2.45. The lowest BCUT2D eigenvalue weighted by Crippen LogP contribution is -2.45. The van der Waals surface area contributed by atoms with E-state index in [9.17, 15) is 9.59 Å². The third kappa shape index (κ3) is 2.76. The van der Waals surface area contributed by atoms with Crippen LogP contribution in [0.1, 0.15) is 56.2 Å². The predicted molar refractivity (Wildman–Crippen MR) is 124 cm³/mol. The monoisotopic (exact) mass is 431 g/mol. The Labute approximate surface area is 187 Å². The number of piperidine rings is 1. The lowest BCUT2D eigenvalue weighted by molar-refractivity contribution is -0.132. The molecule has 7 heteroatoms. The first-order chi connectivity index (χ1) is 15.4. The van der Waals surface area contributed by atoms with E-state index in [-0.39, 0.29) is 18.4 Å². The summed E-state index contributed by atoms with van der Waals surface area (Å²) in [6.07, 6.45) is 8.23. The van der Waals surface area contributed by atoms with Crippen LogP contribution < -0.4 is 4.90 Å². The number of hydrogen-bond acceptors (Lipinski definition) is 3. The Bertz CT molecular complexity index is 1240. The Morgan fingerprint density at radius 2 is 1.91 bits per heavy atom. The van der Waals surface area contributed by atoms with Crippen molar-refractivity contribution in [3.8, 4) is 11.4 Å². The second kappa shape index (κ2) is 6.95. The van der Waals surface area contributed by atoms with Gasteiger partial charge in [-0.25, -0.2) is 0 Å². The minimum Gasteiger partial charge on any atom is -0.353 e. The van der Waals surface area contributed by atoms with Gasteiger partial charge in [0, 0.05) is 29.7 Å². The minimum atomic E-state index is -0.659. The number of nitrogens with zero attached hydrogens (tertiary/aromatic N) is 3. The minimum absolute atomic E-state index is 0.00690. The maximum Gasteiger partial charge on any atom is 0.242 e. The van der Waals surface area contributed by atoms with Gasteiger partial charge < -0.3 is 14.8 Å². The zero-order valence-corrected chi connectivity index (χ0v) is 18.8. The van der Waals surface area contributed by atoms with E-state index in [0.29, 0.717) is 0 Å². The summed E-state index contributed by atoms with van der Waals surface area (Å²) < 4.78 is 0. The van der Waals surface area contributed by atoms with Gasteiger partial charge in [-0.1, -0.05) is 0 Å². The zero-order valence-electron chi connectivity index (χ0n) is 18.8. The molecule has 2 amide bonds. The number of benzene rings is 1. The summed E-state index contributed by atoms with van der Waals surface area (Å²) in [5.41, 5.74) is 6.94. The average molecular weight is 432 g/mol. The summed E-state index contributed by atoms with van der Waals surface area (Å²) >= 11 is 0. The molecule has 1 aromatic carbocycles. The number of nitrogens with one attached hydrogen (secondary N) is 2. The first-order valence-corrected chi connectivity index (χ1v) is 11.8. The van der Waals surface area contributed by atoms with Crippen LogP contribution in [-0.4, -0.2) is 51.5 Å². The number of likely N-dealkylation sites (tertiary alicyclic amines) is 1. The highest BCUT2D eigenvalue weighted by atomic mass is 16.2. The fourth-order valence-corrected chi connectivity index (χ4v) is 5.75. The van der Waals surface area contributed by atoms with Gasteiger partial charge in [0.1, 0.15) is 6.54 Å². The molecule has 1 aliphatic carbocycles. The van der Waals surface area contributed by atoms with Gasteiger partial charge in [-0.3, -0.25) is 14.7 Å². The summed E-state index contributed by atoms with van der Waals surface area (Å²) in [6.45, 7) is 5.65. The average Bonchev–Trinajstić information content (AvgIpc) is 3.41. The van der Waals surface area contributed by atoms with Crippen molar-refractivity contribution in [2.45, 2.75) is 57.8 Å². The van der Waals surface area contributed by atoms with Gasteiger partial charge in [-0.05, 0) is 81.2 Å². The van der Waals surface area contributed by atoms with Crippen LogP contribution in [0.2, 0.25) is 0 Å². The van der Waals surface area contributed by atoms with Gasteiger partial charge in [-0.15, -0.1) is 0 Å². The van der Waals surface area contributed by atoms with Gasteiger partial charge >= 0.3 is 0 Å². The third-order valence-corrected chi connectivity index (χ3v) is 7.61. The number of carbonyl (C=O) groups is 2. The van der Waals surface area contributed by atoms with E-state index in [1.807, 2.05) is 24.9 Å². The van der Waals surface area contributed by atoms with E-state index in [4.69, 9.17) is 0 Å². The van der Waals surface area contributed by atoms with Crippen molar-refractivity contribution in [2.75, 3.05) is 24.5 Å². The van der Waals surface area contributed by atoms with Crippen LogP contribution >= 0.6 is 0 Å². The molecule has 0 bridgehead atoms. The lowest BCUT2D eigenvalue weighted by Gasteiger charge is -2.29. The van der Waals surface area contributed by atoms with Gasteiger partial charge in [0.15, 0.2) is 0 Å². The summed E-state index contributed by atoms with van der Waals surface area (Å²) in [4.78, 5) is 33.7. The van der Waals surface area contributed by atoms with E-state index in [2.05, 4.69) is 27.3 Å². The van der Waals surface area contributed by atoms with Crippen molar-refractivity contribution in [1.29, 1.82) is 0 Å². The number of hydrogen-bond donors (Lipinski definition) is 2. The van der Waals surface area contributed by atoms with Crippen LogP contribution in [0.4, 0.5) is 5.69 Å². The molecule has 3 aromatic rings. The number of carbonyl (C=O) groups excluding carboxylic acids is 2. The van der Waals surface area contributed by atoms with Crippen LogP contribution in [-0.2, 0) is 27.8 Å². The molecule has 166 valence electrons. The number of amides is 2. The second-order valence-electron chi connectivity index (χ2n) is 9.98. The molecule has 1 fully saturated rings. The van der Waals surface area contributed by atoms with Crippen molar-refractivity contribution < 1.29 is 9.59 Å². The molecule has 2 aromatic heterocycles. The Kier molecular flexibility index (Phi) is 4.26. The zero-order chi connectivity index (χ0) is 22.0. The molecule has 2 aliphatic heterocycles. The van der Waals surface area contributed by atoms with E-state index >= 15 is 0 Å². The molecule has 2 N–H and O–H groups in total. The summed E-state index contributed by atoms with van der Waals surface area (Å²) in [5.74, 6) is 0.0595. The topological polar surface area (TPSA) is 85.1 Å². The first kappa shape index (κ1) is 19.6. The van der Waals surface area contributed by atoms with E-state index in [1.165, 1.54) is 17.5 Å². The van der Waals surface area contributed by atoms with Crippen molar-refractivity contribution in [2.24, 2.45) is 0 Å². The highest BCUT2D eigenvalue weighted by Crippen LogP contribution is 2.46. The van der Waals surface area contributed by atoms with Crippen LogP contribution in [0.15, 0.2) is 18.3 Å². The molecule has 6 rings (SSSR count). The number of aromatic amines is 2. The van der Waals surface area contributed by atoms with Crippen LogP contribution in [0.3, 0.4) is 0 Å². The number of fused-ring (bicyclic) bond motifs is 6. The second-order valence-corrected chi connectivity index (χ2v) is 9.98. The summed E-state index contributed by atoms with van der Waals surface area (Å²) in [6, 6.07) is 4.26. The molecular formula is C25H29N5O2. The smallest absolute Gasteiger partial charge is 0.242 e. The van der Waals surface area contributed by atoms with E-state index in [1.54, 1.807) is 4.90 Å². The Morgan fingerprint density at radius 1 is 1.09 bits per heavy atom. The molecule has 3 aliphatic rings. The predicted octanol–water partition coefficient (Wildman–Crippen LogP) is 3.68. The highest BCUT2D eigenvalue weighted by molar-refractivity contribution is 6.12. The third-order valence-electron chi connectivity index (χ3n) is 7.61. The molecule has 0 atom stereocenters. The standard InChI is InChI=1S/C25H29N5O2/c1-25(2)18-12-19-17(16-8-6-7-15-13-26-28-22(15)23(16)27-19)11-20(18)30(24(25)32)14-21(31)29-9-4-3-5-10-29/h11-13,27H,3-10,14H2,1-2H3,(H,26,28). The first-order valence-electron chi connectivity index (χ1n) is 11.8. The SMILES string of the molecule is CC1(C)C(=O)N(CC(=O)N2CCCCC2)c2cc3c4c([nH]c3cc21)-c1[nH]ncc1CCC4. The van der Waals surface area contributed by atoms with Gasteiger partial charge in [-0.2, -0.15) is 5.10 Å². The van der Waals surface area contributed by atoms with Crippen molar-refractivity contribution in [1.82, 2.24) is 20.1 Å². The van der Waals surface area contributed by atoms with E-state index in [0.717, 1.165) is 78.7 Å².